The Kier molecular flexibility index (Phi) is 6.08. The molecule has 0 aromatic heterocycles. The number of sulfone groups is 1. The monoisotopic (exact) mass is 266 g/mol. The SMILES string of the molecule is CCNC(C)(CN(C)CCS(C)(=O)=O)C(=O)O. The zero-order chi connectivity index (χ0) is 13.7. The van der Waals surface area contributed by atoms with Gasteiger partial charge < -0.3 is 15.3 Å². The highest BCUT2D eigenvalue weighted by Crippen LogP contribution is 2.06. The summed E-state index contributed by atoms with van der Waals surface area (Å²) in [4.78, 5) is 12.8. The molecule has 102 valence electrons. The molecule has 0 aliphatic rings. The van der Waals surface area contributed by atoms with Gasteiger partial charge in [0.05, 0.1) is 5.75 Å². The number of rotatable bonds is 8. The molecule has 6 nitrogen and oxygen atoms in total. The van der Waals surface area contributed by atoms with Crippen molar-refractivity contribution in [2.45, 2.75) is 19.4 Å². The summed E-state index contributed by atoms with van der Waals surface area (Å²) in [7, 11) is -1.30. The fourth-order valence-corrected chi connectivity index (χ4v) is 2.17. The minimum atomic E-state index is -3.02. The molecule has 0 aliphatic heterocycles. The second-order valence-electron chi connectivity index (χ2n) is 4.54. The maximum Gasteiger partial charge on any atom is 0.324 e. The first-order valence-electron chi connectivity index (χ1n) is 5.45. The molecule has 0 bridgehead atoms. The minimum absolute atomic E-state index is 0.0331. The summed E-state index contributed by atoms with van der Waals surface area (Å²) >= 11 is 0. The van der Waals surface area contributed by atoms with E-state index in [0.717, 1.165) is 0 Å². The Hall–Kier alpha value is -0.660. The van der Waals surface area contributed by atoms with Gasteiger partial charge in [-0.05, 0) is 20.5 Å². The Morgan fingerprint density at radius 3 is 2.35 bits per heavy atom. The first-order chi connectivity index (χ1) is 7.60. The van der Waals surface area contributed by atoms with E-state index in [-0.39, 0.29) is 12.3 Å². The van der Waals surface area contributed by atoms with E-state index < -0.39 is 21.3 Å². The molecule has 0 radical (unpaired) electrons. The lowest BCUT2D eigenvalue weighted by Gasteiger charge is -2.30. The summed E-state index contributed by atoms with van der Waals surface area (Å²) < 4.78 is 22.0. The van der Waals surface area contributed by atoms with Crippen LogP contribution in [0.15, 0.2) is 0 Å². The van der Waals surface area contributed by atoms with Crippen LogP contribution < -0.4 is 5.32 Å². The number of hydrogen-bond acceptors (Lipinski definition) is 5. The summed E-state index contributed by atoms with van der Waals surface area (Å²) in [6.07, 6.45) is 1.17. The maximum atomic E-state index is 11.1. The number of nitrogens with zero attached hydrogens (tertiary/aromatic N) is 1. The van der Waals surface area contributed by atoms with Gasteiger partial charge in [-0.3, -0.25) is 4.79 Å². The predicted molar refractivity (Wildman–Crippen MR) is 66.9 cm³/mol. The van der Waals surface area contributed by atoms with E-state index in [1.165, 1.54) is 6.26 Å². The molecule has 1 atom stereocenters. The van der Waals surface area contributed by atoms with E-state index in [0.29, 0.717) is 13.1 Å². The summed E-state index contributed by atoms with van der Waals surface area (Å²) in [5.41, 5.74) is -1.05. The van der Waals surface area contributed by atoms with Crippen LogP contribution in [-0.4, -0.2) is 68.6 Å². The van der Waals surface area contributed by atoms with Gasteiger partial charge in [-0.1, -0.05) is 6.92 Å². The lowest BCUT2D eigenvalue weighted by Crippen LogP contribution is -2.56. The van der Waals surface area contributed by atoms with Crippen LogP contribution in [0.5, 0.6) is 0 Å². The van der Waals surface area contributed by atoms with E-state index in [4.69, 9.17) is 5.11 Å². The number of hydrogen-bond donors (Lipinski definition) is 2. The van der Waals surface area contributed by atoms with Crippen molar-refractivity contribution >= 4 is 15.8 Å². The highest BCUT2D eigenvalue weighted by atomic mass is 32.2. The molecule has 0 aliphatic carbocycles. The predicted octanol–water partition coefficient (Wildman–Crippen LogP) is -0.584. The van der Waals surface area contributed by atoms with Crippen LogP contribution >= 0.6 is 0 Å². The Morgan fingerprint density at radius 2 is 2.00 bits per heavy atom. The Morgan fingerprint density at radius 1 is 1.47 bits per heavy atom. The second kappa shape index (κ2) is 6.32. The van der Waals surface area contributed by atoms with Crippen LogP contribution in [0.3, 0.4) is 0 Å². The fraction of sp³-hybridized carbons (Fsp3) is 0.900. The lowest BCUT2D eigenvalue weighted by molar-refractivity contribution is -0.144. The third-order valence-corrected chi connectivity index (χ3v) is 3.39. The number of likely N-dealkylation sites (N-methyl/N-ethyl adjacent to an activating group) is 2. The molecule has 1 unspecified atom stereocenters. The van der Waals surface area contributed by atoms with Crippen molar-refractivity contribution in [3.63, 3.8) is 0 Å². The van der Waals surface area contributed by atoms with E-state index in [1.807, 2.05) is 6.92 Å². The molecule has 0 fully saturated rings. The van der Waals surface area contributed by atoms with E-state index in [9.17, 15) is 13.2 Å². The molecule has 7 heteroatoms. The van der Waals surface area contributed by atoms with Crippen LogP contribution in [0.1, 0.15) is 13.8 Å². The number of carboxylic acid groups (broad SMARTS) is 1. The molecule has 0 aromatic carbocycles. The third-order valence-electron chi connectivity index (χ3n) is 2.47. The van der Waals surface area contributed by atoms with Crippen molar-refractivity contribution < 1.29 is 18.3 Å². The van der Waals surface area contributed by atoms with Crippen LogP contribution in [-0.2, 0) is 14.6 Å². The summed E-state index contributed by atoms with van der Waals surface area (Å²) in [6, 6.07) is 0. The molecule has 0 aromatic rings. The first-order valence-corrected chi connectivity index (χ1v) is 7.51. The first kappa shape index (κ1) is 16.3. The van der Waals surface area contributed by atoms with Gasteiger partial charge in [0.1, 0.15) is 15.4 Å². The summed E-state index contributed by atoms with van der Waals surface area (Å²) in [6.45, 7) is 4.55. The van der Waals surface area contributed by atoms with Crippen molar-refractivity contribution in [1.29, 1.82) is 0 Å². The third kappa shape index (κ3) is 6.60. The second-order valence-corrected chi connectivity index (χ2v) is 6.80. The van der Waals surface area contributed by atoms with E-state index >= 15 is 0 Å². The largest absolute Gasteiger partial charge is 0.480 e. The van der Waals surface area contributed by atoms with Crippen LogP contribution in [0, 0.1) is 0 Å². The number of carbonyl (C=O) groups is 1. The van der Waals surface area contributed by atoms with Crippen LogP contribution in [0.2, 0.25) is 0 Å². The maximum absolute atomic E-state index is 11.1. The number of carboxylic acids is 1. The van der Waals surface area contributed by atoms with E-state index in [2.05, 4.69) is 5.32 Å². The van der Waals surface area contributed by atoms with Gasteiger partial charge in [-0.15, -0.1) is 0 Å². The number of nitrogens with one attached hydrogen (secondary N) is 1. The smallest absolute Gasteiger partial charge is 0.324 e. The van der Waals surface area contributed by atoms with Gasteiger partial charge >= 0.3 is 5.97 Å². The topological polar surface area (TPSA) is 86.7 Å². The molecule has 0 heterocycles. The molecule has 0 saturated carbocycles. The zero-order valence-electron chi connectivity index (χ0n) is 10.9. The van der Waals surface area contributed by atoms with Crippen molar-refractivity contribution in [3.05, 3.63) is 0 Å². The Labute approximate surface area is 103 Å². The molecule has 17 heavy (non-hydrogen) atoms. The minimum Gasteiger partial charge on any atom is -0.480 e. The van der Waals surface area contributed by atoms with Gasteiger partial charge in [0, 0.05) is 19.3 Å². The van der Waals surface area contributed by atoms with Gasteiger partial charge in [-0.25, -0.2) is 8.42 Å². The molecule has 0 amide bonds. The number of aliphatic carboxylic acids is 1. The molecule has 0 saturated heterocycles. The van der Waals surface area contributed by atoms with Gasteiger partial charge in [-0.2, -0.15) is 0 Å². The van der Waals surface area contributed by atoms with Crippen LogP contribution in [0.4, 0.5) is 0 Å². The molecular formula is C10H22N2O4S. The Balaban J connectivity index is 4.42. The highest BCUT2D eigenvalue weighted by Gasteiger charge is 2.33. The van der Waals surface area contributed by atoms with Gasteiger partial charge in [0.2, 0.25) is 0 Å². The quantitative estimate of drug-likeness (QED) is 0.611. The lowest BCUT2D eigenvalue weighted by atomic mass is 10.0. The average molecular weight is 266 g/mol. The molecular weight excluding hydrogens is 244 g/mol. The highest BCUT2D eigenvalue weighted by molar-refractivity contribution is 7.90. The normalized spacial score (nSPS) is 15.8. The van der Waals surface area contributed by atoms with E-state index in [1.54, 1.807) is 18.9 Å². The summed E-state index contributed by atoms with van der Waals surface area (Å²) in [5, 5.41) is 12.0. The average Bonchev–Trinajstić information content (AvgIpc) is 2.13. The molecule has 0 spiro atoms. The van der Waals surface area contributed by atoms with Gasteiger partial charge in [0.25, 0.3) is 0 Å². The fourth-order valence-electron chi connectivity index (χ4n) is 1.53. The van der Waals surface area contributed by atoms with Crippen molar-refractivity contribution in [2.24, 2.45) is 0 Å². The standard InChI is InChI=1S/C10H22N2O4S/c1-5-11-10(2,9(13)14)8-12(3)6-7-17(4,15)16/h11H,5-8H2,1-4H3,(H,13,14). The van der Waals surface area contributed by atoms with Crippen molar-refractivity contribution in [3.8, 4) is 0 Å². The molecule has 2 N–H and O–H groups in total. The Bertz CT molecular complexity index is 355. The van der Waals surface area contributed by atoms with Crippen LogP contribution in [0.25, 0.3) is 0 Å². The molecule has 0 rings (SSSR count). The van der Waals surface area contributed by atoms with Gasteiger partial charge in [0.15, 0.2) is 0 Å². The summed E-state index contributed by atoms with van der Waals surface area (Å²) in [5.74, 6) is -0.906. The zero-order valence-corrected chi connectivity index (χ0v) is 11.7. The van der Waals surface area contributed by atoms with Crippen molar-refractivity contribution in [1.82, 2.24) is 10.2 Å². The van der Waals surface area contributed by atoms with Crippen molar-refractivity contribution in [2.75, 3.05) is 38.7 Å².